The lowest BCUT2D eigenvalue weighted by Crippen LogP contribution is -2.44. The molecule has 2 aliphatic rings. The van der Waals surface area contributed by atoms with E-state index in [9.17, 15) is 14.0 Å². The molecule has 0 radical (unpaired) electrons. The van der Waals surface area contributed by atoms with Crippen LogP contribution in [0.4, 0.5) is 4.39 Å². The second kappa shape index (κ2) is 8.89. The van der Waals surface area contributed by atoms with Gasteiger partial charge in [-0.1, -0.05) is 6.42 Å². The highest BCUT2D eigenvalue weighted by molar-refractivity contribution is 5.94. The number of nitrogens with zero attached hydrogens (tertiary/aromatic N) is 3. The van der Waals surface area contributed by atoms with Crippen molar-refractivity contribution in [1.82, 2.24) is 14.7 Å². The number of piperidine rings is 1. The van der Waals surface area contributed by atoms with E-state index in [-0.39, 0.29) is 23.3 Å². The molecule has 154 valence electrons. The number of fused-ring (bicyclic) bond motifs is 1. The minimum absolute atomic E-state index is 0.0436. The fourth-order valence-corrected chi connectivity index (χ4v) is 4.54. The van der Waals surface area contributed by atoms with E-state index in [4.69, 9.17) is 0 Å². The lowest BCUT2D eigenvalue weighted by atomic mass is 9.98. The molecule has 2 heterocycles. The molecule has 5 nitrogen and oxygen atoms in total. The van der Waals surface area contributed by atoms with Crippen LogP contribution in [0.5, 0.6) is 0 Å². The monoisotopic (exact) mass is 397 g/mol. The van der Waals surface area contributed by atoms with E-state index >= 15 is 0 Å². The maximum Gasteiger partial charge on any atom is 0.267 e. The Morgan fingerprint density at radius 1 is 1.07 bits per heavy atom. The number of carbonyl (C=O) groups excluding carboxylic acids is 1. The standard InChI is InChI=1S/C23H28FN3O2/c24-19-11-9-17(10-12-19)23(29)26-14-5-4-7-20(26)13-15-27-22(28)16-18-6-2-1-3-8-21(18)25-27/h9-12,16,20H,1-8,13-15H2. The molecule has 1 aromatic heterocycles. The van der Waals surface area contributed by atoms with E-state index in [0.717, 1.165) is 56.2 Å². The number of amides is 1. The van der Waals surface area contributed by atoms with Crippen molar-refractivity contribution in [1.29, 1.82) is 0 Å². The minimum Gasteiger partial charge on any atom is -0.336 e. The number of aromatic nitrogens is 2. The fourth-order valence-electron chi connectivity index (χ4n) is 4.54. The molecular formula is C23H28FN3O2. The van der Waals surface area contributed by atoms with Gasteiger partial charge in [0, 0.05) is 30.8 Å². The van der Waals surface area contributed by atoms with Crippen LogP contribution in [-0.2, 0) is 19.4 Å². The maximum atomic E-state index is 13.2. The Hall–Kier alpha value is -2.50. The predicted molar refractivity (Wildman–Crippen MR) is 109 cm³/mol. The Labute approximate surface area is 170 Å². The molecule has 29 heavy (non-hydrogen) atoms. The van der Waals surface area contributed by atoms with Crippen molar-refractivity contribution in [2.45, 2.75) is 70.4 Å². The summed E-state index contributed by atoms with van der Waals surface area (Å²) in [5.41, 5.74) is 2.64. The number of hydrogen-bond donors (Lipinski definition) is 0. The van der Waals surface area contributed by atoms with Crippen LogP contribution in [0.1, 0.15) is 66.6 Å². The van der Waals surface area contributed by atoms with Crippen LogP contribution in [-0.4, -0.2) is 33.2 Å². The summed E-state index contributed by atoms with van der Waals surface area (Å²) in [4.78, 5) is 27.4. The third-order valence-electron chi connectivity index (χ3n) is 6.18. The Kier molecular flexibility index (Phi) is 6.07. The van der Waals surface area contributed by atoms with Crippen molar-refractivity contribution in [3.63, 3.8) is 0 Å². The van der Waals surface area contributed by atoms with Crippen LogP contribution in [0.3, 0.4) is 0 Å². The molecule has 0 spiro atoms. The molecule has 1 aliphatic heterocycles. The summed E-state index contributed by atoms with van der Waals surface area (Å²) in [6.07, 6.45) is 9.00. The van der Waals surface area contributed by atoms with Gasteiger partial charge in [-0.05, 0) is 81.2 Å². The van der Waals surface area contributed by atoms with Crippen molar-refractivity contribution < 1.29 is 9.18 Å². The van der Waals surface area contributed by atoms with Gasteiger partial charge in [0.25, 0.3) is 11.5 Å². The number of likely N-dealkylation sites (tertiary alicyclic amines) is 1. The molecule has 1 fully saturated rings. The normalized spacial score (nSPS) is 19.5. The molecule has 0 saturated carbocycles. The van der Waals surface area contributed by atoms with Gasteiger partial charge < -0.3 is 4.90 Å². The van der Waals surface area contributed by atoms with Gasteiger partial charge in [-0.2, -0.15) is 5.10 Å². The molecule has 0 N–H and O–H groups in total. The van der Waals surface area contributed by atoms with Crippen LogP contribution in [0.25, 0.3) is 0 Å². The quantitative estimate of drug-likeness (QED) is 0.739. The summed E-state index contributed by atoms with van der Waals surface area (Å²) < 4.78 is 14.8. The summed E-state index contributed by atoms with van der Waals surface area (Å²) in [6.45, 7) is 1.22. The van der Waals surface area contributed by atoms with Gasteiger partial charge in [-0.25, -0.2) is 9.07 Å². The first-order chi connectivity index (χ1) is 14.1. The Balaban J connectivity index is 1.47. The molecule has 1 aromatic carbocycles. The van der Waals surface area contributed by atoms with Crippen molar-refractivity contribution in [3.05, 3.63) is 63.3 Å². The first-order valence-electron chi connectivity index (χ1n) is 10.8. The zero-order valence-electron chi connectivity index (χ0n) is 16.8. The zero-order chi connectivity index (χ0) is 20.2. The first kappa shape index (κ1) is 19.8. The molecule has 1 saturated heterocycles. The minimum atomic E-state index is -0.342. The summed E-state index contributed by atoms with van der Waals surface area (Å²) in [5.74, 6) is -0.401. The fraction of sp³-hybridized carbons (Fsp3) is 0.522. The Morgan fingerprint density at radius 3 is 2.69 bits per heavy atom. The van der Waals surface area contributed by atoms with E-state index in [1.165, 1.54) is 18.6 Å². The molecule has 1 atom stereocenters. The van der Waals surface area contributed by atoms with Crippen molar-refractivity contribution in [2.75, 3.05) is 6.54 Å². The highest BCUT2D eigenvalue weighted by atomic mass is 19.1. The van der Waals surface area contributed by atoms with Gasteiger partial charge in [-0.3, -0.25) is 9.59 Å². The van der Waals surface area contributed by atoms with Crippen molar-refractivity contribution in [3.8, 4) is 0 Å². The summed E-state index contributed by atoms with van der Waals surface area (Å²) in [5, 5.41) is 4.65. The summed E-state index contributed by atoms with van der Waals surface area (Å²) in [7, 11) is 0. The number of hydrogen-bond acceptors (Lipinski definition) is 3. The van der Waals surface area contributed by atoms with Crippen molar-refractivity contribution >= 4 is 5.91 Å². The van der Waals surface area contributed by atoms with Crippen LogP contribution in [0.15, 0.2) is 35.1 Å². The molecule has 6 heteroatoms. The van der Waals surface area contributed by atoms with Crippen LogP contribution in [0.2, 0.25) is 0 Å². The van der Waals surface area contributed by atoms with E-state index < -0.39 is 0 Å². The van der Waals surface area contributed by atoms with Crippen LogP contribution < -0.4 is 5.56 Å². The Morgan fingerprint density at radius 2 is 1.86 bits per heavy atom. The first-order valence-corrected chi connectivity index (χ1v) is 10.8. The summed E-state index contributed by atoms with van der Waals surface area (Å²) in [6, 6.07) is 7.57. The lowest BCUT2D eigenvalue weighted by molar-refractivity contribution is 0.0593. The van der Waals surface area contributed by atoms with E-state index in [1.807, 2.05) is 4.90 Å². The largest absolute Gasteiger partial charge is 0.336 e. The zero-order valence-corrected chi connectivity index (χ0v) is 16.8. The van der Waals surface area contributed by atoms with Gasteiger partial charge >= 0.3 is 0 Å². The molecule has 1 unspecified atom stereocenters. The highest BCUT2D eigenvalue weighted by Crippen LogP contribution is 2.23. The average molecular weight is 397 g/mol. The van der Waals surface area contributed by atoms with E-state index in [2.05, 4.69) is 5.10 Å². The van der Waals surface area contributed by atoms with Crippen molar-refractivity contribution in [2.24, 2.45) is 0 Å². The molecular weight excluding hydrogens is 369 g/mol. The Bertz CT molecular complexity index is 923. The van der Waals surface area contributed by atoms with E-state index in [0.29, 0.717) is 25.1 Å². The molecule has 1 aliphatic carbocycles. The van der Waals surface area contributed by atoms with E-state index in [1.54, 1.807) is 22.9 Å². The van der Waals surface area contributed by atoms with Gasteiger partial charge in [0.1, 0.15) is 5.82 Å². The lowest BCUT2D eigenvalue weighted by Gasteiger charge is -2.36. The number of benzene rings is 1. The second-order valence-corrected chi connectivity index (χ2v) is 8.18. The number of halogens is 1. The topological polar surface area (TPSA) is 55.2 Å². The smallest absolute Gasteiger partial charge is 0.267 e. The highest BCUT2D eigenvalue weighted by Gasteiger charge is 2.27. The number of rotatable bonds is 4. The predicted octanol–water partition coefficient (Wildman–Crippen LogP) is 3.74. The number of aryl methyl sites for hydroxylation is 3. The number of carbonyl (C=O) groups is 1. The maximum absolute atomic E-state index is 13.2. The molecule has 4 rings (SSSR count). The second-order valence-electron chi connectivity index (χ2n) is 8.18. The van der Waals surface area contributed by atoms with Crippen LogP contribution in [0, 0.1) is 5.82 Å². The molecule has 0 bridgehead atoms. The molecule has 2 aromatic rings. The van der Waals surface area contributed by atoms with Gasteiger partial charge in [0.2, 0.25) is 0 Å². The third-order valence-corrected chi connectivity index (χ3v) is 6.18. The molecule has 1 amide bonds. The van der Waals surface area contributed by atoms with Gasteiger partial charge in [0.15, 0.2) is 0 Å². The average Bonchev–Trinajstić information content (AvgIpc) is 2.97. The van der Waals surface area contributed by atoms with Gasteiger partial charge in [-0.15, -0.1) is 0 Å². The van der Waals surface area contributed by atoms with Gasteiger partial charge in [0.05, 0.1) is 5.69 Å². The summed E-state index contributed by atoms with van der Waals surface area (Å²) >= 11 is 0. The third kappa shape index (κ3) is 4.57. The SMILES string of the molecule is O=C(c1ccc(F)cc1)N1CCCCC1CCn1nc2c(cc1=O)CCCCC2. The van der Waals surface area contributed by atoms with Crippen LogP contribution >= 0.6 is 0 Å².